The molecule has 0 bridgehead atoms. The number of aliphatic hydroxyl groups is 1. The van der Waals surface area contributed by atoms with E-state index in [0.717, 1.165) is 32.5 Å². The molecule has 1 heterocycles. The molecule has 1 fully saturated rings. The third-order valence-corrected chi connectivity index (χ3v) is 5.74. The summed E-state index contributed by atoms with van der Waals surface area (Å²) in [6.07, 6.45) is 0.171. The number of carbonyl (C=O) groups excluding carboxylic acids is 2. The molecular weight excluding hydrogens is 366 g/mol. The predicted octanol–water partition coefficient (Wildman–Crippen LogP) is 1.74. The molecule has 2 atom stereocenters. The van der Waals surface area contributed by atoms with Crippen molar-refractivity contribution in [1.29, 1.82) is 0 Å². The molecule has 3 rings (SSSR count). The van der Waals surface area contributed by atoms with Gasteiger partial charge in [0.05, 0.1) is 5.92 Å². The Morgan fingerprint density at radius 2 is 1.62 bits per heavy atom. The number of nitrogens with two attached hydrogens (primary N) is 1. The van der Waals surface area contributed by atoms with Gasteiger partial charge in [0.2, 0.25) is 5.91 Å². The van der Waals surface area contributed by atoms with Crippen molar-refractivity contribution >= 4 is 11.8 Å². The molecule has 1 aliphatic heterocycles. The second-order valence-electron chi connectivity index (χ2n) is 7.68. The Kier molecular flexibility index (Phi) is 7.01. The third kappa shape index (κ3) is 5.22. The number of carbonyl (C=O) groups is 2. The minimum atomic E-state index is -1.48. The van der Waals surface area contributed by atoms with Gasteiger partial charge in [-0.1, -0.05) is 60.7 Å². The summed E-state index contributed by atoms with van der Waals surface area (Å²) in [5.41, 5.74) is 7.33. The van der Waals surface area contributed by atoms with E-state index in [-0.39, 0.29) is 6.04 Å². The van der Waals surface area contributed by atoms with Gasteiger partial charge in [0.25, 0.3) is 5.91 Å². The van der Waals surface area contributed by atoms with E-state index < -0.39 is 23.8 Å². The molecule has 0 spiro atoms. The molecule has 0 saturated carbocycles. The van der Waals surface area contributed by atoms with E-state index in [1.807, 2.05) is 24.3 Å². The Hall–Kier alpha value is -2.70. The second-order valence-corrected chi connectivity index (χ2v) is 7.68. The fraction of sp³-hybridized carbons (Fsp3) is 0.391. The third-order valence-electron chi connectivity index (χ3n) is 5.74. The van der Waals surface area contributed by atoms with Crippen LogP contribution < -0.4 is 5.73 Å². The van der Waals surface area contributed by atoms with Crippen molar-refractivity contribution in [1.82, 2.24) is 9.80 Å². The standard InChI is InChI=1S/C23H29N3O3/c1-25(19-12-14-26(15-13-19)16-17-8-4-2-5-9-17)23(29)21(27)20(22(24)28)18-10-6-3-7-11-18/h2-11,19-21,27H,12-16H2,1H3,(H2,24,28). The molecule has 0 radical (unpaired) electrons. The highest BCUT2D eigenvalue weighted by Crippen LogP contribution is 2.24. The normalized spacial score (nSPS) is 17.4. The molecule has 2 amide bonds. The highest BCUT2D eigenvalue weighted by Gasteiger charge is 2.36. The molecule has 0 aromatic heterocycles. The lowest BCUT2D eigenvalue weighted by atomic mass is 9.91. The summed E-state index contributed by atoms with van der Waals surface area (Å²) in [5.74, 6) is -2.22. The number of amides is 2. The lowest BCUT2D eigenvalue weighted by molar-refractivity contribution is -0.145. The summed E-state index contributed by atoms with van der Waals surface area (Å²) < 4.78 is 0. The molecule has 29 heavy (non-hydrogen) atoms. The molecular formula is C23H29N3O3. The molecule has 1 aliphatic rings. The largest absolute Gasteiger partial charge is 0.382 e. The first-order valence-corrected chi connectivity index (χ1v) is 10.0. The van der Waals surface area contributed by atoms with Gasteiger partial charge < -0.3 is 15.7 Å². The summed E-state index contributed by atoms with van der Waals surface area (Å²) in [6.45, 7) is 2.65. The van der Waals surface area contributed by atoms with Crippen LogP contribution in [0, 0.1) is 0 Å². The number of primary amides is 1. The van der Waals surface area contributed by atoms with E-state index >= 15 is 0 Å². The van der Waals surface area contributed by atoms with E-state index in [2.05, 4.69) is 17.0 Å². The zero-order valence-corrected chi connectivity index (χ0v) is 16.8. The maximum Gasteiger partial charge on any atom is 0.252 e. The van der Waals surface area contributed by atoms with Crippen LogP contribution in [0.1, 0.15) is 29.9 Å². The van der Waals surface area contributed by atoms with Crippen LogP contribution in [-0.2, 0) is 16.1 Å². The minimum absolute atomic E-state index is 0.0356. The first kappa shape index (κ1) is 21.0. The number of rotatable bonds is 7. The van der Waals surface area contributed by atoms with Gasteiger partial charge in [-0.25, -0.2) is 0 Å². The Balaban J connectivity index is 1.59. The molecule has 3 N–H and O–H groups in total. The van der Waals surface area contributed by atoms with Gasteiger partial charge in [0.15, 0.2) is 0 Å². The summed E-state index contributed by atoms with van der Waals surface area (Å²) >= 11 is 0. The molecule has 0 aliphatic carbocycles. The summed E-state index contributed by atoms with van der Waals surface area (Å²) in [5, 5.41) is 10.6. The molecule has 2 aromatic carbocycles. The Bertz CT molecular complexity index is 805. The highest BCUT2D eigenvalue weighted by molar-refractivity contribution is 5.92. The van der Waals surface area contributed by atoms with Crippen molar-refractivity contribution < 1.29 is 14.7 Å². The second kappa shape index (κ2) is 9.67. The average Bonchev–Trinajstić information content (AvgIpc) is 2.74. The van der Waals surface area contributed by atoms with Crippen LogP contribution in [0.5, 0.6) is 0 Å². The van der Waals surface area contributed by atoms with Gasteiger partial charge in [0.1, 0.15) is 6.10 Å². The molecule has 1 saturated heterocycles. The van der Waals surface area contributed by atoms with E-state index in [4.69, 9.17) is 5.73 Å². The molecule has 6 nitrogen and oxygen atoms in total. The Morgan fingerprint density at radius 1 is 1.07 bits per heavy atom. The maximum absolute atomic E-state index is 12.9. The average molecular weight is 396 g/mol. The van der Waals surface area contributed by atoms with Crippen molar-refractivity contribution in [3.63, 3.8) is 0 Å². The van der Waals surface area contributed by atoms with E-state index in [0.29, 0.717) is 5.56 Å². The molecule has 2 unspecified atom stereocenters. The number of likely N-dealkylation sites (tertiary alicyclic amines) is 1. The van der Waals surface area contributed by atoms with Crippen molar-refractivity contribution in [2.75, 3.05) is 20.1 Å². The van der Waals surface area contributed by atoms with Crippen LogP contribution in [0.15, 0.2) is 60.7 Å². The summed E-state index contributed by atoms with van der Waals surface area (Å²) in [6, 6.07) is 19.1. The van der Waals surface area contributed by atoms with Gasteiger partial charge in [-0.2, -0.15) is 0 Å². The van der Waals surface area contributed by atoms with Crippen molar-refractivity contribution in [3.05, 3.63) is 71.8 Å². The number of nitrogens with zero attached hydrogens (tertiary/aromatic N) is 2. The topological polar surface area (TPSA) is 86.9 Å². The molecule has 154 valence electrons. The van der Waals surface area contributed by atoms with Gasteiger partial charge in [-0.15, -0.1) is 0 Å². The Labute approximate surface area is 171 Å². The van der Waals surface area contributed by atoms with E-state index in [1.165, 1.54) is 5.56 Å². The number of hydrogen-bond donors (Lipinski definition) is 2. The van der Waals surface area contributed by atoms with Crippen LogP contribution in [0.25, 0.3) is 0 Å². The first-order chi connectivity index (χ1) is 14.0. The van der Waals surface area contributed by atoms with Gasteiger partial charge in [-0.3, -0.25) is 14.5 Å². The number of benzene rings is 2. The monoisotopic (exact) mass is 395 g/mol. The van der Waals surface area contributed by atoms with Crippen LogP contribution in [0.2, 0.25) is 0 Å². The SMILES string of the molecule is CN(C(=O)C(O)C(C(N)=O)c1ccccc1)C1CCN(Cc2ccccc2)CC1. The Morgan fingerprint density at radius 3 is 2.17 bits per heavy atom. The number of likely N-dealkylation sites (N-methyl/N-ethyl adjacent to an activating group) is 1. The molecule has 2 aromatic rings. The van der Waals surface area contributed by atoms with Crippen LogP contribution in [0.4, 0.5) is 0 Å². The lowest BCUT2D eigenvalue weighted by Crippen LogP contribution is -2.50. The maximum atomic E-state index is 12.9. The number of aliphatic hydroxyl groups excluding tert-OH is 1. The zero-order valence-electron chi connectivity index (χ0n) is 16.8. The minimum Gasteiger partial charge on any atom is -0.382 e. The quantitative estimate of drug-likeness (QED) is 0.748. The van der Waals surface area contributed by atoms with Crippen LogP contribution >= 0.6 is 0 Å². The highest BCUT2D eigenvalue weighted by atomic mass is 16.3. The van der Waals surface area contributed by atoms with Crippen molar-refractivity contribution in [3.8, 4) is 0 Å². The fourth-order valence-electron chi connectivity index (χ4n) is 4.00. The van der Waals surface area contributed by atoms with Gasteiger partial charge in [0, 0.05) is 32.7 Å². The number of hydrogen-bond acceptors (Lipinski definition) is 4. The fourth-order valence-corrected chi connectivity index (χ4v) is 4.00. The summed E-state index contributed by atoms with van der Waals surface area (Å²) in [7, 11) is 1.70. The smallest absolute Gasteiger partial charge is 0.252 e. The van der Waals surface area contributed by atoms with Crippen molar-refractivity contribution in [2.24, 2.45) is 5.73 Å². The number of piperidine rings is 1. The van der Waals surface area contributed by atoms with E-state index in [9.17, 15) is 14.7 Å². The first-order valence-electron chi connectivity index (χ1n) is 10.0. The van der Waals surface area contributed by atoms with E-state index in [1.54, 1.807) is 36.2 Å². The summed E-state index contributed by atoms with van der Waals surface area (Å²) in [4.78, 5) is 28.8. The van der Waals surface area contributed by atoms with Crippen molar-refractivity contribution in [2.45, 2.75) is 37.5 Å². The predicted molar refractivity (Wildman–Crippen MR) is 112 cm³/mol. The van der Waals surface area contributed by atoms with Gasteiger partial charge >= 0.3 is 0 Å². The lowest BCUT2D eigenvalue weighted by Gasteiger charge is -2.38. The van der Waals surface area contributed by atoms with Gasteiger partial charge in [-0.05, 0) is 24.0 Å². The molecule has 6 heteroatoms. The van der Waals surface area contributed by atoms with Crippen LogP contribution in [0.3, 0.4) is 0 Å². The zero-order chi connectivity index (χ0) is 20.8. The van der Waals surface area contributed by atoms with Crippen LogP contribution in [-0.4, -0.2) is 59.0 Å².